The number of pyridine rings is 1. The van der Waals surface area contributed by atoms with Crippen LogP contribution in [0.25, 0.3) is 11.1 Å². The van der Waals surface area contributed by atoms with Gasteiger partial charge in [-0.15, -0.1) is 0 Å². The summed E-state index contributed by atoms with van der Waals surface area (Å²) in [6.45, 7) is 1.84. The van der Waals surface area contributed by atoms with Crippen molar-refractivity contribution >= 4 is 11.7 Å². The Morgan fingerprint density at radius 1 is 1.03 bits per heavy atom. The number of rotatable bonds is 3. The highest BCUT2D eigenvalue weighted by atomic mass is 19.3. The summed E-state index contributed by atoms with van der Waals surface area (Å²) in [5.74, 6) is -5.49. The fraction of sp³-hybridized carbons (Fsp3) is 0.182. The summed E-state index contributed by atoms with van der Waals surface area (Å²) in [4.78, 5) is 16.3. The van der Waals surface area contributed by atoms with Crippen LogP contribution in [0.5, 0.6) is 0 Å². The minimum Gasteiger partial charge on any atom is -0.306 e. The molecule has 1 aromatic heterocycles. The molecule has 1 amide bonds. The van der Waals surface area contributed by atoms with Crippen molar-refractivity contribution in [2.45, 2.75) is 25.7 Å². The standard InChI is InChI=1S/C22H16F4N2O/c1-12-7-14-9-22(25,26)10-15(14)8-16(12)13-5-6-19(27-11-13)28-21(29)20-17(23)3-2-4-18(20)24/h2-8,11H,9-10H2,1H3,(H,27,28,29). The van der Waals surface area contributed by atoms with Crippen molar-refractivity contribution in [3.8, 4) is 11.1 Å². The molecular formula is C22H16F4N2O. The van der Waals surface area contributed by atoms with Gasteiger partial charge in [-0.2, -0.15) is 0 Å². The Bertz CT molecular complexity index is 1090. The lowest BCUT2D eigenvalue weighted by molar-refractivity contribution is 0.0130. The van der Waals surface area contributed by atoms with Crippen LogP contribution in [-0.2, 0) is 12.8 Å². The van der Waals surface area contributed by atoms with Crippen molar-refractivity contribution in [3.63, 3.8) is 0 Å². The summed E-state index contributed by atoms with van der Waals surface area (Å²) >= 11 is 0. The Hall–Kier alpha value is -3.22. The first-order valence-corrected chi connectivity index (χ1v) is 8.95. The average molecular weight is 400 g/mol. The molecule has 148 valence electrons. The number of carbonyl (C=O) groups is 1. The fourth-order valence-electron chi connectivity index (χ4n) is 3.59. The van der Waals surface area contributed by atoms with Gasteiger partial charge < -0.3 is 5.32 Å². The molecule has 29 heavy (non-hydrogen) atoms. The number of halogens is 4. The van der Waals surface area contributed by atoms with Crippen LogP contribution in [0.4, 0.5) is 23.4 Å². The molecule has 4 rings (SSSR count). The molecule has 7 heteroatoms. The topological polar surface area (TPSA) is 42.0 Å². The molecule has 1 aliphatic carbocycles. The van der Waals surface area contributed by atoms with Gasteiger partial charge in [0, 0.05) is 24.6 Å². The van der Waals surface area contributed by atoms with Crippen LogP contribution in [0.15, 0.2) is 48.7 Å². The number of anilines is 1. The largest absolute Gasteiger partial charge is 0.306 e. The maximum absolute atomic E-state index is 13.7. The molecule has 0 spiro atoms. The lowest BCUT2D eigenvalue weighted by Crippen LogP contribution is -2.16. The molecule has 0 fully saturated rings. The summed E-state index contributed by atoms with van der Waals surface area (Å²) in [5, 5.41) is 2.36. The van der Waals surface area contributed by atoms with E-state index in [0.717, 1.165) is 23.3 Å². The smallest absolute Gasteiger partial charge is 0.262 e. The van der Waals surface area contributed by atoms with E-state index in [9.17, 15) is 22.4 Å². The van der Waals surface area contributed by atoms with Gasteiger partial charge in [0.15, 0.2) is 0 Å². The molecule has 1 N–H and O–H groups in total. The molecule has 0 aliphatic heterocycles. The van der Waals surface area contributed by atoms with Crippen molar-refractivity contribution in [1.82, 2.24) is 4.98 Å². The lowest BCUT2D eigenvalue weighted by atomic mass is 9.96. The van der Waals surface area contributed by atoms with E-state index < -0.39 is 29.0 Å². The Morgan fingerprint density at radius 2 is 1.69 bits per heavy atom. The highest BCUT2D eigenvalue weighted by molar-refractivity contribution is 6.04. The Labute approximate surface area is 164 Å². The number of hydrogen-bond acceptors (Lipinski definition) is 2. The monoisotopic (exact) mass is 400 g/mol. The summed E-state index contributed by atoms with van der Waals surface area (Å²) in [6.07, 6.45) is 0.944. The zero-order valence-corrected chi connectivity index (χ0v) is 15.4. The van der Waals surface area contributed by atoms with Gasteiger partial charge in [-0.3, -0.25) is 4.79 Å². The minimum absolute atomic E-state index is 0.117. The van der Waals surface area contributed by atoms with E-state index in [-0.39, 0.29) is 18.7 Å². The van der Waals surface area contributed by atoms with Gasteiger partial charge in [0.25, 0.3) is 11.8 Å². The second kappa shape index (κ2) is 6.99. The molecule has 3 aromatic rings. The molecule has 1 heterocycles. The molecule has 0 saturated carbocycles. The van der Waals surface area contributed by atoms with E-state index in [1.807, 2.05) is 6.92 Å². The third-order valence-corrected chi connectivity index (χ3v) is 4.95. The third kappa shape index (κ3) is 3.72. The first-order chi connectivity index (χ1) is 13.7. The second-order valence-electron chi connectivity index (χ2n) is 7.13. The SMILES string of the molecule is Cc1cc2c(cc1-c1ccc(NC(=O)c3c(F)cccc3F)nc1)CC(F)(F)C2. The van der Waals surface area contributed by atoms with Gasteiger partial charge in [-0.25, -0.2) is 22.5 Å². The van der Waals surface area contributed by atoms with Crippen LogP contribution in [0.2, 0.25) is 0 Å². The minimum atomic E-state index is -2.72. The number of carbonyl (C=O) groups excluding carboxylic acids is 1. The molecule has 0 atom stereocenters. The van der Waals surface area contributed by atoms with Gasteiger partial charge in [-0.05, 0) is 53.4 Å². The summed E-state index contributed by atoms with van der Waals surface area (Å²) in [6, 6.07) is 9.83. The summed E-state index contributed by atoms with van der Waals surface area (Å²) in [7, 11) is 0. The molecule has 1 aliphatic rings. The van der Waals surface area contributed by atoms with Gasteiger partial charge in [0.1, 0.15) is 23.0 Å². The van der Waals surface area contributed by atoms with Gasteiger partial charge in [0.05, 0.1) is 0 Å². The number of nitrogens with one attached hydrogen (secondary N) is 1. The fourth-order valence-corrected chi connectivity index (χ4v) is 3.59. The summed E-state index contributed by atoms with van der Waals surface area (Å²) < 4.78 is 54.8. The zero-order chi connectivity index (χ0) is 20.8. The average Bonchev–Trinajstić information content (AvgIpc) is 2.94. The highest BCUT2D eigenvalue weighted by Gasteiger charge is 2.37. The van der Waals surface area contributed by atoms with Crippen LogP contribution in [0.3, 0.4) is 0 Å². The van der Waals surface area contributed by atoms with Gasteiger partial charge in [-0.1, -0.05) is 18.2 Å². The van der Waals surface area contributed by atoms with Crippen LogP contribution >= 0.6 is 0 Å². The molecule has 0 bridgehead atoms. The van der Waals surface area contributed by atoms with Gasteiger partial charge >= 0.3 is 0 Å². The zero-order valence-electron chi connectivity index (χ0n) is 15.4. The number of aromatic nitrogens is 1. The number of hydrogen-bond donors (Lipinski definition) is 1. The van der Waals surface area contributed by atoms with Crippen LogP contribution in [0.1, 0.15) is 27.0 Å². The van der Waals surface area contributed by atoms with Crippen molar-refractivity contribution in [2.75, 3.05) is 5.32 Å². The second-order valence-corrected chi connectivity index (χ2v) is 7.13. The number of aryl methyl sites for hydroxylation is 1. The Morgan fingerprint density at radius 3 is 2.31 bits per heavy atom. The Kier molecular flexibility index (Phi) is 4.61. The number of benzene rings is 2. The van der Waals surface area contributed by atoms with E-state index in [0.29, 0.717) is 16.7 Å². The van der Waals surface area contributed by atoms with Crippen molar-refractivity contribution in [1.29, 1.82) is 0 Å². The number of nitrogens with zero attached hydrogens (tertiary/aromatic N) is 1. The molecule has 0 radical (unpaired) electrons. The number of amides is 1. The molecule has 2 aromatic carbocycles. The van der Waals surface area contributed by atoms with Crippen molar-refractivity contribution in [3.05, 3.63) is 82.5 Å². The predicted molar refractivity (Wildman–Crippen MR) is 101 cm³/mol. The number of fused-ring (bicyclic) bond motifs is 1. The van der Waals surface area contributed by atoms with Crippen molar-refractivity contribution < 1.29 is 22.4 Å². The molecule has 0 saturated heterocycles. The van der Waals surface area contributed by atoms with Gasteiger partial charge in [0.2, 0.25) is 0 Å². The maximum Gasteiger partial charge on any atom is 0.262 e. The quantitative estimate of drug-likeness (QED) is 0.605. The summed E-state index contributed by atoms with van der Waals surface area (Å²) in [5.41, 5.74) is 2.88. The van der Waals surface area contributed by atoms with E-state index in [2.05, 4.69) is 10.3 Å². The third-order valence-electron chi connectivity index (χ3n) is 4.95. The van der Waals surface area contributed by atoms with E-state index in [4.69, 9.17) is 0 Å². The van der Waals surface area contributed by atoms with Crippen LogP contribution < -0.4 is 5.32 Å². The lowest BCUT2D eigenvalue weighted by Gasteiger charge is -2.11. The normalized spacial score (nSPS) is 14.5. The molecule has 3 nitrogen and oxygen atoms in total. The molecule has 0 unspecified atom stereocenters. The predicted octanol–water partition coefficient (Wildman–Crippen LogP) is 5.32. The van der Waals surface area contributed by atoms with E-state index >= 15 is 0 Å². The Balaban J connectivity index is 1.57. The van der Waals surface area contributed by atoms with E-state index in [1.165, 1.54) is 18.3 Å². The molecular weight excluding hydrogens is 384 g/mol. The highest BCUT2D eigenvalue weighted by Crippen LogP contribution is 2.38. The van der Waals surface area contributed by atoms with Crippen LogP contribution in [-0.4, -0.2) is 16.8 Å². The van der Waals surface area contributed by atoms with Crippen LogP contribution in [0, 0.1) is 18.6 Å². The number of alkyl halides is 2. The maximum atomic E-state index is 13.7. The van der Waals surface area contributed by atoms with Crippen molar-refractivity contribution in [2.24, 2.45) is 0 Å². The first kappa shape index (κ1) is 19.1. The van der Waals surface area contributed by atoms with E-state index in [1.54, 1.807) is 18.2 Å². The first-order valence-electron chi connectivity index (χ1n) is 8.95.